The third kappa shape index (κ3) is 3.13. The Bertz CT molecular complexity index is 844. The molecular weight excluding hydrogens is 288 g/mol. The van der Waals surface area contributed by atoms with Gasteiger partial charge in [-0.1, -0.05) is 25.1 Å². The van der Waals surface area contributed by atoms with E-state index in [-0.39, 0.29) is 5.91 Å². The second-order valence-electron chi connectivity index (χ2n) is 5.87. The zero-order valence-corrected chi connectivity index (χ0v) is 13.8. The molecule has 3 rings (SSSR count). The van der Waals surface area contributed by atoms with Gasteiger partial charge in [0.15, 0.2) is 0 Å². The van der Waals surface area contributed by atoms with Gasteiger partial charge in [0.25, 0.3) is 0 Å². The first-order chi connectivity index (χ1) is 11.1. The predicted octanol–water partition coefficient (Wildman–Crippen LogP) is 3.50. The molecule has 5 heteroatoms. The van der Waals surface area contributed by atoms with E-state index in [4.69, 9.17) is 0 Å². The number of aromatic nitrogens is 3. The Morgan fingerprint density at radius 1 is 1.22 bits per heavy atom. The number of carbonyl (C=O) groups is 1. The fourth-order valence-corrected chi connectivity index (χ4v) is 2.91. The van der Waals surface area contributed by atoms with Crippen molar-refractivity contribution in [2.24, 2.45) is 0 Å². The van der Waals surface area contributed by atoms with Crippen molar-refractivity contribution < 1.29 is 4.79 Å². The lowest BCUT2D eigenvalue weighted by Gasteiger charge is -2.10. The summed E-state index contributed by atoms with van der Waals surface area (Å²) < 4.78 is 3.89. The number of rotatable bonds is 5. The van der Waals surface area contributed by atoms with Crippen molar-refractivity contribution in [3.8, 4) is 0 Å². The first-order valence-electron chi connectivity index (χ1n) is 7.97. The molecule has 0 saturated carbocycles. The van der Waals surface area contributed by atoms with Crippen LogP contribution in [0.3, 0.4) is 0 Å². The fraction of sp³-hybridized carbons (Fsp3) is 0.333. The lowest BCUT2D eigenvalue weighted by atomic mass is 10.2. The summed E-state index contributed by atoms with van der Waals surface area (Å²) in [5, 5.41) is 8.56. The Morgan fingerprint density at radius 3 is 2.78 bits per heavy atom. The number of hydrogen-bond acceptors (Lipinski definition) is 2. The van der Waals surface area contributed by atoms with E-state index in [2.05, 4.69) is 29.5 Å². The fourth-order valence-electron chi connectivity index (χ4n) is 2.91. The maximum atomic E-state index is 12.5. The van der Waals surface area contributed by atoms with Crippen LogP contribution in [0.15, 0.2) is 36.4 Å². The van der Waals surface area contributed by atoms with Crippen molar-refractivity contribution in [2.75, 3.05) is 5.32 Å². The second-order valence-corrected chi connectivity index (χ2v) is 5.87. The molecule has 0 fully saturated rings. The third-order valence-electron chi connectivity index (χ3n) is 3.92. The highest BCUT2D eigenvalue weighted by atomic mass is 16.2. The molecule has 0 saturated heterocycles. The zero-order valence-electron chi connectivity index (χ0n) is 13.8. The summed E-state index contributed by atoms with van der Waals surface area (Å²) in [4.78, 5) is 12.5. The molecule has 0 atom stereocenters. The van der Waals surface area contributed by atoms with Crippen LogP contribution in [0.25, 0.3) is 10.9 Å². The number of aryl methyl sites for hydroxylation is 3. The molecule has 120 valence electrons. The van der Waals surface area contributed by atoms with Crippen LogP contribution in [0.5, 0.6) is 0 Å². The summed E-state index contributed by atoms with van der Waals surface area (Å²) in [7, 11) is 0. The van der Waals surface area contributed by atoms with Gasteiger partial charge in [-0.3, -0.25) is 4.79 Å². The maximum Gasteiger partial charge on any atom is 0.245 e. The molecule has 3 aromatic rings. The highest BCUT2D eigenvalue weighted by Crippen LogP contribution is 2.19. The topological polar surface area (TPSA) is 51.9 Å². The van der Waals surface area contributed by atoms with E-state index in [1.54, 1.807) is 0 Å². The Hall–Kier alpha value is -2.56. The smallest absolute Gasteiger partial charge is 0.245 e. The monoisotopic (exact) mass is 310 g/mol. The number of carbonyl (C=O) groups excluding carboxylic acids is 1. The quantitative estimate of drug-likeness (QED) is 0.784. The Labute approximate surface area is 135 Å². The van der Waals surface area contributed by atoms with Gasteiger partial charge in [0.1, 0.15) is 12.4 Å². The largest absolute Gasteiger partial charge is 0.335 e. The first kappa shape index (κ1) is 15.3. The van der Waals surface area contributed by atoms with Crippen LogP contribution >= 0.6 is 0 Å². The molecule has 0 aliphatic carbocycles. The number of hydrogen-bond donors (Lipinski definition) is 1. The SMILES string of the molecule is CCCn1nc(C)cc1NC(=O)Cn1c(C)cc2ccccc21. The van der Waals surface area contributed by atoms with E-state index >= 15 is 0 Å². The molecule has 5 nitrogen and oxygen atoms in total. The van der Waals surface area contributed by atoms with Gasteiger partial charge in [-0.05, 0) is 37.8 Å². The van der Waals surface area contributed by atoms with Crippen LogP contribution in [0.2, 0.25) is 0 Å². The van der Waals surface area contributed by atoms with Crippen LogP contribution in [-0.4, -0.2) is 20.3 Å². The minimum atomic E-state index is -0.0355. The van der Waals surface area contributed by atoms with Gasteiger partial charge in [-0.2, -0.15) is 5.10 Å². The minimum absolute atomic E-state index is 0.0355. The Morgan fingerprint density at radius 2 is 2.00 bits per heavy atom. The maximum absolute atomic E-state index is 12.5. The summed E-state index contributed by atoms with van der Waals surface area (Å²) in [6.45, 7) is 7.16. The van der Waals surface area contributed by atoms with Crippen LogP contribution in [0.1, 0.15) is 24.7 Å². The summed E-state index contributed by atoms with van der Waals surface area (Å²) in [5.41, 5.74) is 3.08. The van der Waals surface area contributed by atoms with Crippen LogP contribution in [0, 0.1) is 13.8 Å². The average Bonchev–Trinajstić information content (AvgIpc) is 3.00. The molecule has 2 heterocycles. The molecule has 0 unspecified atom stereocenters. The molecule has 0 radical (unpaired) electrons. The van der Waals surface area contributed by atoms with Gasteiger partial charge >= 0.3 is 0 Å². The molecule has 1 amide bonds. The van der Waals surface area contributed by atoms with Crippen LogP contribution < -0.4 is 5.32 Å². The molecule has 2 aromatic heterocycles. The molecule has 0 aliphatic heterocycles. The number of para-hydroxylation sites is 1. The molecule has 1 aromatic carbocycles. The van der Waals surface area contributed by atoms with Crippen LogP contribution in [-0.2, 0) is 17.9 Å². The molecule has 0 spiro atoms. The van der Waals surface area contributed by atoms with Gasteiger partial charge in [-0.15, -0.1) is 0 Å². The molecule has 1 N–H and O–H groups in total. The molecule has 0 bridgehead atoms. The number of anilines is 1. The van der Waals surface area contributed by atoms with Gasteiger partial charge in [0.05, 0.1) is 5.69 Å². The Kier molecular flexibility index (Phi) is 4.19. The van der Waals surface area contributed by atoms with Crippen molar-refractivity contribution in [3.05, 3.63) is 47.8 Å². The Balaban J connectivity index is 1.80. The van der Waals surface area contributed by atoms with Crippen molar-refractivity contribution in [2.45, 2.75) is 40.3 Å². The summed E-state index contributed by atoms with van der Waals surface area (Å²) in [6.07, 6.45) is 0.978. The summed E-state index contributed by atoms with van der Waals surface area (Å²) >= 11 is 0. The van der Waals surface area contributed by atoms with E-state index in [1.807, 2.05) is 47.4 Å². The van der Waals surface area contributed by atoms with E-state index in [0.29, 0.717) is 6.54 Å². The van der Waals surface area contributed by atoms with Gasteiger partial charge in [-0.25, -0.2) is 4.68 Å². The zero-order chi connectivity index (χ0) is 16.4. The van der Waals surface area contributed by atoms with Crippen molar-refractivity contribution in [1.29, 1.82) is 0 Å². The highest BCUT2D eigenvalue weighted by Gasteiger charge is 2.12. The van der Waals surface area contributed by atoms with Crippen molar-refractivity contribution in [3.63, 3.8) is 0 Å². The van der Waals surface area contributed by atoms with E-state index < -0.39 is 0 Å². The summed E-state index contributed by atoms with van der Waals surface area (Å²) in [5.74, 6) is 0.732. The van der Waals surface area contributed by atoms with E-state index in [0.717, 1.165) is 41.1 Å². The van der Waals surface area contributed by atoms with Crippen LogP contribution in [0.4, 0.5) is 5.82 Å². The predicted molar refractivity (Wildman–Crippen MR) is 92.6 cm³/mol. The lowest BCUT2D eigenvalue weighted by molar-refractivity contribution is -0.116. The van der Waals surface area contributed by atoms with E-state index in [1.165, 1.54) is 0 Å². The van der Waals surface area contributed by atoms with Crippen molar-refractivity contribution in [1.82, 2.24) is 14.3 Å². The van der Waals surface area contributed by atoms with Crippen molar-refractivity contribution >= 4 is 22.6 Å². The number of fused-ring (bicyclic) bond motifs is 1. The van der Waals surface area contributed by atoms with E-state index in [9.17, 15) is 4.79 Å². The first-order valence-corrected chi connectivity index (χ1v) is 7.97. The second kappa shape index (κ2) is 6.28. The highest BCUT2D eigenvalue weighted by molar-refractivity contribution is 5.91. The lowest BCUT2D eigenvalue weighted by Crippen LogP contribution is -2.21. The minimum Gasteiger partial charge on any atom is -0.335 e. The van der Waals surface area contributed by atoms with Gasteiger partial charge in [0.2, 0.25) is 5.91 Å². The number of nitrogens with one attached hydrogen (secondary N) is 1. The van der Waals surface area contributed by atoms with Gasteiger partial charge < -0.3 is 9.88 Å². The van der Waals surface area contributed by atoms with Gasteiger partial charge in [0, 0.05) is 23.8 Å². The molecule has 0 aliphatic rings. The number of amides is 1. The average molecular weight is 310 g/mol. The number of benzene rings is 1. The normalized spacial score (nSPS) is 11.1. The standard InChI is InChI=1S/C18H22N4O/c1-4-9-22-17(10-13(2)20-22)19-18(23)12-21-14(3)11-15-7-5-6-8-16(15)21/h5-8,10-11H,4,9,12H2,1-3H3,(H,19,23). The molecule has 23 heavy (non-hydrogen) atoms. The summed E-state index contributed by atoms with van der Waals surface area (Å²) in [6, 6.07) is 12.1. The third-order valence-corrected chi connectivity index (χ3v) is 3.92. The molecular formula is C18H22N4O. The number of nitrogens with zero attached hydrogens (tertiary/aromatic N) is 3.